The lowest BCUT2D eigenvalue weighted by Crippen LogP contribution is -2.46. The Morgan fingerprint density at radius 3 is 2.46 bits per heavy atom. The number of amides is 2. The third kappa shape index (κ3) is 5.65. The van der Waals surface area contributed by atoms with Crippen LogP contribution in [0.4, 0.5) is 0 Å². The van der Waals surface area contributed by atoms with Crippen molar-refractivity contribution in [1.29, 1.82) is 0 Å². The number of aliphatic carboxylic acids is 1. The van der Waals surface area contributed by atoms with Crippen LogP contribution in [0.5, 0.6) is 0 Å². The van der Waals surface area contributed by atoms with E-state index in [9.17, 15) is 14.4 Å². The number of benzene rings is 1. The third-order valence-corrected chi connectivity index (χ3v) is 6.40. The molecule has 1 atom stereocenters. The van der Waals surface area contributed by atoms with Gasteiger partial charge in [-0.2, -0.15) is 0 Å². The highest BCUT2D eigenvalue weighted by molar-refractivity contribution is 7.98. The molecule has 1 aromatic rings. The highest BCUT2D eigenvalue weighted by atomic mass is 35.5. The molecule has 0 aliphatic carbocycles. The summed E-state index contributed by atoms with van der Waals surface area (Å²) in [6, 6.07) is 2.74. The van der Waals surface area contributed by atoms with E-state index >= 15 is 0 Å². The predicted octanol–water partition coefficient (Wildman–Crippen LogP) is 3.56. The van der Waals surface area contributed by atoms with Crippen molar-refractivity contribution in [2.75, 3.05) is 19.3 Å². The van der Waals surface area contributed by atoms with Gasteiger partial charge >= 0.3 is 5.97 Å². The highest BCUT2D eigenvalue weighted by Crippen LogP contribution is 2.35. The molecule has 1 aliphatic rings. The van der Waals surface area contributed by atoms with Crippen LogP contribution in [0, 0.1) is 5.92 Å². The first kappa shape index (κ1) is 22.6. The molecule has 1 unspecified atom stereocenters. The molecule has 2 rings (SSSR count). The van der Waals surface area contributed by atoms with E-state index in [1.165, 1.54) is 24.8 Å². The molecule has 0 saturated carbocycles. The zero-order valence-corrected chi connectivity index (χ0v) is 17.9. The summed E-state index contributed by atoms with van der Waals surface area (Å²) in [5.74, 6) is -1.82. The van der Waals surface area contributed by atoms with Crippen LogP contribution in [0.2, 0.25) is 10.0 Å². The summed E-state index contributed by atoms with van der Waals surface area (Å²) in [6.45, 7) is 2.29. The van der Waals surface area contributed by atoms with Gasteiger partial charge in [0.1, 0.15) is 6.04 Å². The molecule has 1 saturated heterocycles. The van der Waals surface area contributed by atoms with Crippen LogP contribution < -0.4 is 5.32 Å². The van der Waals surface area contributed by atoms with Crippen molar-refractivity contribution >= 4 is 58.8 Å². The molecule has 0 spiro atoms. The Bertz CT molecular complexity index is 792. The molecule has 0 aromatic heterocycles. The molecule has 1 fully saturated rings. The SMILES string of the molecule is CSc1ccc(C=CC(=O)N2CCC(C(=O)NC(C)C(=O)O)CC2)c(Cl)c1Cl. The number of hydrogen-bond acceptors (Lipinski definition) is 4. The van der Waals surface area contributed by atoms with Gasteiger partial charge in [0.2, 0.25) is 11.8 Å². The summed E-state index contributed by atoms with van der Waals surface area (Å²) in [5.41, 5.74) is 0.662. The zero-order chi connectivity index (χ0) is 20.8. The predicted molar refractivity (Wildman–Crippen MR) is 112 cm³/mol. The molecule has 28 heavy (non-hydrogen) atoms. The normalized spacial score (nSPS) is 16.2. The van der Waals surface area contributed by atoms with Crippen molar-refractivity contribution < 1.29 is 19.5 Å². The van der Waals surface area contributed by atoms with Crippen LogP contribution in [0.15, 0.2) is 23.1 Å². The Hall–Kier alpha value is -1.70. The fourth-order valence-electron chi connectivity index (χ4n) is 2.85. The molecule has 1 aromatic carbocycles. The second-order valence-corrected chi connectivity index (χ2v) is 8.09. The highest BCUT2D eigenvalue weighted by Gasteiger charge is 2.28. The number of likely N-dealkylation sites (tertiary alicyclic amines) is 1. The number of thioether (sulfide) groups is 1. The van der Waals surface area contributed by atoms with Crippen molar-refractivity contribution in [3.8, 4) is 0 Å². The maximum atomic E-state index is 12.4. The summed E-state index contributed by atoms with van der Waals surface area (Å²) < 4.78 is 0. The molecule has 1 aliphatic heterocycles. The zero-order valence-electron chi connectivity index (χ0n) is 15.6. The lowest BCUT2D eigenvalue weighted by molar-refractivity contribution is -0.142. The molecule has 2 N–H and O–H groups in total. The number of nitrogens with one attached hydrogen (secondary N) is 1. The second kappa shape index (κ2) is 10.2. The Labute approximate surface area is 178 Å². The molecule has 152 valence electrons. The summed E-state index contributed by atoms with van der Waals surface area (Å²) in [6.07, 6.45) is 5.97. The topological polar surface area (TPSA) is 86.7 Å². The minimum absolute atomic E-state index is 0.168. The number of carbonyl (C=O) groups excluding carboxylic acids is 2. The van der Waals surface area contributed by atoms with Gasteiger partial charge in [-0.3, -0.25) is 14.4 Å². The largest absolute Gasteiger partial charge is 0.480 e. The van der Waals surface area contributed by atoms with E-state index in [1.807, 2.05) is 18.4 Å². The van der Waals surface area contributed by atoms with Crippen LogP contribution in [0.25, 0.3) is 6.08 Å². The van der Waals surface area contributed by atoms with Gasteiger partial charge in [0.25, 0.3) is 0 Å². The number of rotatable bonds is 6. The maximum Gasteiger partial charge on any atom is 0.325 e. The fraction of sp³-hybridized carbons (Fsp3) is 0.421. The van der Waals surface area contributed by atoms with E-state index in [0.717, 1.165) is 4.90 Å². The number of piperidine rings is 1. The summed E-state index contributed by atoms with van der Waals surface area (Å²) in [4.78, 5) is 37.9. The van der Waals surface area contributed by atoms with Crippen LogP contribution >= 0.6 is 35.0 Å². The Kier molecular flexibility index (Phi) is 8.22. The number of hydrogen-bond donors (Lipinski definition) is 2. The number of carboxylic acids is 1. The fourth-order valence-corrected chi connectivity index (χ4v) is 4.03. The minimum Gasteiger partial charge on any atom is -0.480 e. The molecule has 0 bridgehead atoms. The van der Waals surface area contributed by atoms with Crippen molar-refractivity contribution in [3.63, 3.8) is 0 Å². The minimum atomic E-state index is -1.07. The smallest absolute Gasteiger partial charge is 0.325 e. The van der Waals surface area contributed by atoms with Gasteiger partial charge in [-0.1, -0.05) is 29.3 Å². The van der Waals surface area contributed by atoms with Crippen molar-refractivity contribution in [1.82, 2.24) is 10.2 Å². The molecule has 1 heterocycles. The van der Waals surface area contributed by atoms with Gasteiger partial charge in [-0.25, -0.2) is 0 Å². The molecular formula is C19H22Cl2N2O4S. The number of carboxylic acid groups (broad SMARTS) is 1. The van der Waals surface area contributed by atoms with Crippen LogP contribution in [0.1, 0.15) is 25.3 Å². The standard InChI is InChI=1S/C19H22Cl2N2O4S/c1-11(19(26)27)22-18(25)13-7-9-23(10-8-13)15(24)6-4-12-3-5-14(28-2)17(21)16(12)20/h3-6,11,13H,7-10H2,1-2H3,(H,22,25)(H,26,27). The van der Waals surface area contributed by atoms with E-state index in [-0.39, 0.29) is 17.7 Å². The van der Waals surface area contributed by atoms with Crippen LogP contribution in [0.3, 0.4) is 0 Å². The summed E-state index contributed by atoms with van der Waals surface area (Å²) >= 11 is 14.0. The van der Waals surface area contributed by atoms with E-state index in [0.29, 0.717) is 41.5 Å². The Morgan fingerprint density at radius 1 is 1.25 bits per heavy atom. The van der Waals surface area contributed by atoms with Crippen molar-refractivity contribution in [3.05, 3.63) is 33.8 Å². The number of nitrogens with zero attached hydrogens (tertiary/aromatic N) is 1. The van der Waals surface area contributed by atoms with E-state index in [4.69, 9.17) is 28.3 Å². The third-order valence-electron chi connectivity index (χ3n) is 4.61. The van der Waals surface area contributed by atoms with E-state index < -0.39 is 12.0 Å². The van der Waals surface area contributed by atoms with Gasteiger partial charge in [-0.15, -0.1) is 11.8 Å². The van der Waals surface area contributed by atoms with Gasteiger partial charge in [0.05, 0.1) is 10.0 Å². The summed E-state index contributed by atoms with van der Waals surface area (Å²) in [5, 5.41) is 12.2. The Balaban J connectivity index is 1.92. The number of carbonyl (C=O) groups is 3. The molecule has 6 nitrogen and oxygen atoms in total. The van der Waals surface area contributed by atoms with Crippen LogP contribution in [-0.2, 0) is 14.4 Å². The quantitative estimate of drug-likeness (QED) is 0.517. The average Bonchev–Trinajstić information content (AvgIpc) is 2.68. The lowest BCUT2D eigenvalue weighted by atomic mass is 9.95. The Morgan fingerprint density at radius 2 is 1.89 bits per heavy atom. The van der Waals surface area contributed by atoms with Crippen molar-refractivity contribution in [2.24, 2.45) is 5.92 Å². The molecule has 0 radical (unpaired) electrons. The second-order valence-electron chi connectivity index (χ2n) is 6.49. The van der Waals surface area contributed by atoms with E-state index in [1.54, 1.807) is 11.0 Å². The van der Waals surface area contributed by atoms with Gasteiger partial charge in [-0.05, 0) is 43.7 Å². The summed E-state index contributed by atoms with van der Waals surface area (Å²) in [7, 11) is 0. The van der Waals surface area contributed by atoms with Gasteiger partial charge in [0, 0.05) is 30.0 Å². The molecule has 2 amide bonds. The van der Waals surface area contributed by atoms with Gasteiger partial charge in [0.15, 0.2) is 0 Å². The molecule has 9 heteroatoms. The maximum absolute atomic E-state index is 12.4. The first-order valence-corrected chi connectivity index (χ1v) is 10.7. The monoisotopic (exact) mass is 444 g/mol. The molecular weight excluding hydrogens is 423 g/mol. The van der Waals surface area contributed by atoms with Crippen molar-refractivity contribution in [2.45, 2.75) is 30.7 Å². The number of halogens is 2. The van der Waals surface area contributed by atoms with Crippen LogP contribution in [-0.4, -0.2) is 53.2 Å². The lowest BCUT2D eigenvalue weighted by Gasteiger charge is -2.31. The first-order chi connectivity index (χ1) is 13.2. The van der Waals surface area contributed by atoms with E-state index in [2.05, 4.69) is 5.32 Å². The first-order valence-electron chi connectivity index (χ1n) is 8.76. The van der Waals surface area contributed by atoms with Gasteiger partial charge < -0.3 is 15.3 Å². The average molecular weight is 445 g/mol.